The van der Waals surface area contributed by atoms with Crippen LogP contribution in [-0.2, 0) is 6.42 Å². The minimum atomic E-state index is -0.321. The fourth-order valence-electron chi connectivity index (χ4n) is 2.82. The minimum Gasteiger partial charge on any atom is -0.336 e. The van der Waals surface area contributed by atoms with Crippen molar-refractivity contribution >= 4 is 5.91 Å². The molecule has 1 fully saturated rings. The van der Waals surface area contributed by atoms with Gasteiger partial charge in [0.2, 0.25) is 0 Å². The number of halogens is 1. The normalized spacial score (nSPS) is 18.2. The van der Waals surface area contributed by atoms with Gasteiger partial charge in [-0.2, -0.15) is 0 Å². The molecule has 0 aliphatic carbocycles. The first-order valence-electron chi connectivity index (χ1n) is 7.54. The lowest BCUT2D eigenvalue weighted by Gasteiger charge is -2.34. The van der Waals surface area contributed by atoms with E-state index in [2.05, 4.69) is 17.4 Å². The Bertz CT molecular complexity index is 627. The molecule has 114 valence electrons. The first-order valence-corrected chi connectivity index (χ1v) is 7.54. The number of benzene rings is 2. The molecular weight excluding hydrogens is 279 g/mol. The Morgan fingerprint density at radius 3 is 2.59 bits per heavy atom. The molecule has 1 heterocycles. The third-order valence-corrected chi connectivity index (χ3v) is 3.96. The fourth-order valence-corrected chi connectivity index (χ4v) is 2.82. The lowest BCUT2D eigenvalue weighted by Crippen LogP contribution is -2.53. The number of amides is 1. The van der Waals surface area contributed by atoms with Gasteiger partial charge in [-0.1, -0.05) is 30.3 Å². The van der Waals surface area contributed by atoms with Gasteiger partial charge in [0, 0.05) is 31.2 Å². The topological polar surface area (TPSA) is 32.3 Å². The van der Waals surface area contributed by atoms with Crippen molar-refractivity contribution in [2.75, 3.05) is 19.6 Å². The smallest absolute Gasteiger partial charge is 0.253 e. The van der Waals surface area contributed by atoms with Gasteiger partial charge in [0.1, 0.15) is 5.82 Å². The van der Waals surface area contributed by atoms with E-state index in [0.717, 1.165) is 13.0 Å². The second-order valence-electron chi connectivity index (χ2n) is 5.60. The van der Waals surface area contributed by atoms with Gasteiger partial charge in [0.05, 0.1) is 0 Å². The SMILES string of the molecule is O=C(c1ccc(F)cc1)N1CCNC(Cc2ccccc2)C1. The summed E-state index contributed by atoms with van der Waals surface area (Å²) >= 11 is 0. The van der Waals surface area contributed by atoms with E-state index in [1.165, 1.54) is 17.7 Å². The molecule has 1 amide bonds. The van der Waals surface area contributed by atoms with E-state index in [9.17, 15) is 9.18 Å². The second-order valence-corrected chi connectivity index (χ2v) is 5.60. The van der Waals surface area contributed by atoms with Crippen LogP contribution < -0.4 is 5.32 Å². The van der Waals surface area contributed by atoms with Gasteiger partial charge in [0.15, 0.2) is 0 Å². The first kappa shape index (κ1) is 14.7. The summed E-state index contributed by atoms with van der Waals surface area (Å²) in [5.74, 6) is -0.349. The van der Waals surface area contributed by atoms with E-state index in [1.807, 2.05) is 23.1 Å². The van der Waals surface area contributed by atoms with Crippen molar-refractivity contribution in [2.24, 2.45) is 0 Å². The van der Waals surface area contributed by atoms with Crippen LogP contribution in [0, 0.1) is 5.82 Å². The van der Waals surface area contributed by atoms with Crippen molar-refractivity contribution in [1.29, 1.82) is 0 Å². The lowest BCUT2D eigenvalue weighted by molar-refractivity contribution is 0.0703. The van der Waals surface area contributed by atoms with E-state index in [-0.39, 0.29) is 17.8 Å². The Morgan fingerprint density at radius 1 is 1.14 bits per heavy atom. The van der Waals surface area contributed by atoms with Gasteiger partial charge < -0.3 is 10.2 Å². The molecule has 3 nitrogen and oxygen atoms in total. The van der Waals surface area contributed by atoms with E-state index >= 15 is 0 Å². The van der Waals surface area contributed by atoms with Gasteiger partial charge in [-0.05, 0) is 36.2 Å². The lowest BCUT2D eigenvalue weighted by atomic mass is 10.0. The van der Waals surface area contributed by atoms with E-state index < -0.39 is 0 Å². The summed E-state index contributed by atoms with van der Waals surface area (Å²) in [4.78, 5) is 14.3. The highest BCUT2D eigenvalue weighted by atomic mass is 19.1. The van der Waals surface area contributed by atoms with Crippen LogP contribution >= 0.6 is 0 Å². The molecule has 0 saturated carbocycles. The number of hydrogen-bond donors (Lipinski definition) is 1. The maximum Gasteiger partial charge on any atom is 0.253 e. The van der Waals surface area contributed by atoms with Crippen LogP contribution in [0.25, 0.3) is 0 Å². The number of carbonyl (C=O) groups excluding carboxylic acids is 1. The highest BCUT2D eigenvalue weighted by molar-refractivity contribution is 5.94. The Labute approximate surface area is 129 Å². The summed E-state index contributed by atoms with van der Waals surface area (Å²) < 4.78 is 13.0. The number of piperazine rings is 1. The zero-order valence-electron chi connectivity index (χ0n) is 12.3. The van der Waals surface area contributed by atoms with Crippen LogP contribution in [0.1, 0.15) is 15.9 Å². The maximum atomic E-state index is 13.0. The van der Waals surface area contributed by atoms with E-state index in [0.29, 0.717) is 18.7 Å². The average molecular weight is 298 g/mol. The highest BCUT2D eigenvalue weighted by Gasteiger charge is 2.24. The highest BCUT2D eigenvalue weighted by Crippen LogP contribution is 2.12. The predicted molar refractivity (Wildman–Crippen MR) is 84.2 cm³/mol. The molecule has 1 aliphatic rings. The van der Waals surface area contributed by atoms with Crippen LogP contribution in [0.5, 0.6) is 0 Å². The van der Waals surface area contributed by atoms with Crippen molar-refractivity contribution < 1.29 is 9.18 Å². The Kier molecular flexibility index (Phi) is 4.49. The van der Waals surface area contributed by atoms with Crippen LogP contribution in [0.15, 0.2) is 54.6 Å². The monoisotopic (exact) mass is 298 g/mol. The fraction of sp³-hybridized carbons (Fsp3) is 0.278. The Balaban J connectivity index is 1.65. The van der Waals surface area contributed by atoms with Crippen molar-refractivity contribution in [1.82, 2.24) is 10.2 Å². The summed E-state index contributed by atoms with van der Waals surface area (Å²) in [6.45, 7) is 2.14. The third kappa shape index (κ3) is 3.52. The van der Waals surface area contributed by atoms with Crippen LogP contribution in [-0.4, -0.2) is 36.5 Å². The number of carbonyl (C=O) groups is 1. The zero-order chi connectivity index (χ0) is 15.4. The summed E-state index contributed by atoms with van der Waals surface area (Å²) in [6, 6.07) is 16.3. The van der Waals surface area contributed by atoms with Gasteiger partial charge in [0.25, 0.3) is 5.91 Å². The van der Waals surface area contributed by atoms with Gasteiger partial charge in [-0.3, -0.25) is 4.79 Å². The molecule has 0 spiro atoms. The third-order valence-electron chi connectivity index (χ3n) is 3.96. The summed E-state index contributed by atoms with van der Waals surface area (Å²) in [5, 5.41) is 3.46. The van der Waals surface area contributed by atoms with Crippen LogP contribution in [0.4, 0.5) is 4.39 Å². The average Bonchev–Trinajstić information content (AvgIpc) is 2.56. The van der Waals surface area contributed by atoms with Gasteiger partial charge in [-0.25, -0.2) is 4.39 Å². The molecule has 0 radical (unpaired) electrons. The standard InChI is InChI=1S/C18H19FN2O/c19-16-8-6-15(7-9-16)18(22)21-11-10-20-17(13-21)12-14-4-2-1-3-5-14/h1-9,17,20H,10-13H2. The largest absolute Gasteiger partial charge is 0.336 e. The summed E-state index contributed by atoms with van der Waals surface area (Å²) in [7, 11) is 0. The number of nitrogens with zero attached hydrogens (tertiary/aromatic N) is 1. The summed E-state index contributed by atoms with van der Waals surface area (Å²) in [6.07, 6.45) is 0.897. The zero-order valence-corrected chi connectivity index (χ0v) is 12.3. The maximum absolute atomic E-state index is 13.0. The molecule has 22 heavy (non-hydrogen) atoms. The molecule has 0 aromatic heterocycles. The van der Waals surface area contributed by atoms with Crippen molar-refractivity contribution in [2.45, 2.75) is 12.5 Å². The molecule has 1 unspecified atom stereocenters. The minimum absolute atomic E-state index is 0.0282. The molecule has 3 rings (SSSR count). The molecule has 2 aromatic carbocycles. The number of rotatable bonds is 3. The Hall–Kier alpha value is -2.20. The molecule has 0 bridgehead atoms. The molecule has 1 saturated heterocycles. The predicted octanol–water partition coefficient (Wildman–Crippen LogP) is 2.48. The number of nitrogens with one attached hydrogen (secondary N) is 1. The van der Waals surface area contributed by atoms with E-state index in [4.69, 9.17) is 0 Å². The second kappa shape index (κ2) is 6.71. The van der Waals surface area contributed by atoms with Gasteiger partial charge in [-0.15, -0.1) is 0 Å². The van der Waals surface area contributed by atoms with Crippen LogP contribution in [0.3, 0.4) is 0 Å². The van der Waals surface area contributed by atoms with Crippen molar-refractivity contribution in [3.05, 3.63) is 71.5 Å². The van der Waals surface area contributed by atoms with Crippen molar-refractivity contribution in [3.63, 3.8) is 0 Å². The molecule has 2 aromatic rings. The first-order chi connectivity index (χ1) is 10.7. The molecule has 4 heteroatoms. The van der Waals surface area contributed by atoms with Crippen LogP contribution in [0.2, 0.25) is 0 Å². The number of hydrogen-bond acceptors (Lipinski definition) is 2. The molecule has 1 aliphatic heterocycles. The molecule has 1 atom stereocenters. The molecular formula is C18H19FN2O. The van der Waals surface area contributed by atoms with E-state index in [1.54, 1.807) is 12.1 Å². The summed E-state index contributed by atoms with van der Waals surface area (Å²) in [5.41, 5.74) is 1.80. The van der Waals surface area contributed by atoms with Crippen molar-refractivity contribution in [3.8, 4) is 0 Å². The quantitative estimate of drug-likeness (QED) is 0.944. The Morgan fingerprint density at radius 2 is 1.86 bits per heavy atom. The molecule has 1 N–H and O–H groups in total. The van der Waals surface area contributed by atoms with Gasteiger partial charge >= 0.3 is 0 Å².